The second-order valence-corrected chi connectivity index (χ2v) is 7.32. The summed E-state index contributed by atoms with van der Waals surface area (Å²) in [6, 6.07) is 16.8. The molecule has 3 rings (SSSR count). The summed E-state index contributed by atoms with van der Waals surface area (Å²) in [6.45, 7) is 1.52. The third-order valence-electron chi connectivity index (χ3n) is 4.15. The lowest BCUT2D eigenvalue weighted by Crippen LogP contribution is -2.26. The Hall–Kier alpha value is -3.43. The highest BCUT2D eigenvalue weighted by Crippen LogP contribution is 2.22. The van der Waals surface area contributed by atoms with E-state index in [1.165, 1.54) is 0 Å². The maximum Gasteiger partial charge on any atom is 0.375 e. The molecule has 0 aliphatic carbocycles. The topological polar surface area (TPSA) is 117 Å². The lowest BCUT2D eigenvalue weighted by molar-refractivity contribution is 0.0647. The lowest BCUT2D eigenvalue weighted by Gasteiger charge is -2.20. The fourth-order valence-electron chi connectivity index (χ4n) is 2.78. The van der Waals surface area contributed by atoms with E-state index in [9.17, 15) is 23.5 Å². The monoisotopic (exact) mass is 429 g/mol. The van der Waals surface area contributed by atoms with Gasteiger partial charge in [0.05, 0.1) is 12.2 Å². The zero-order chi connectivity index (χ0) is 21.7. The largest absolute Gasteiger partial charge is 0.481 e. The number of hydrogen-bond donors (Lipinski definition) is 2. The number of carboxylic acid groups (broad SMARTS) is 1. The van der Waals surface area contributed by atoms with Gasteiger partial charge in [0, 0.05) is 6.07 Å². The van der Waals surface area contributed by atoms with E-state index in [2.05, 4.69) is 0 Å². The van der Waals surface area contributed by atoms with Crippen LogP contribution in [0.4, 0.5) is 5.69 Å². The Morgan fingerprint density at radius 2 is 1.87 bits per heavy atom. The van der Waals surface area contributed by atoms with Crippen LogP contribution in [0.2, 0.25) is 0 Å². The molecule has 2 aromatic carbocycles. The molecule has 1 atom stereocenters. The van der Waals surface area contributed by atoms with E-state index in [1.807, 2.05) is 19.1 Å². The summed E-state index contributed by atoms with van der Waals surface area (Å²) >= 11 is -2.43. The van der Waals surface area contributed by atoms with Gasteiger partial charge in [-0.25, -0.2) is 9.00 Å². The molecule has 3 aromatic rings. The first-order valence-electron chi connectivity index (χ1n) is 8.87. The molecule has 1 heterocycles. The number of rotatable bonds is 8. The Labute approximate surface area is 174 Å². The van der Waals surface area contributed by atoms with Crippen molar-refractivity contribution < 1.29 is 27.8 Å². The van der Waals surface area contributed by atoms with Gasteiger partial charge in [0.15, 0.2) is 0 Å². The van der Waals surface area contributed by atoms with Crippen LogP contribution in [0, 0.1) is 6.92 Å². The first-order chi connectivity index (χ1) is 14.3. The normalized spacial score (nSPS) is 11.7. The van der Waals surface area contributed by atoms with E-state index in [-0.39, 0.29) is 18.9 Å². The average molecular weight is 429 g/mol. The van der Waals surface area contributed by atoms with Crippen molar-refractivity contribution in [3.8, 4) is 5.75 Å². The minimum Gasteiger partial charge on any atom is -0.481 e. The van der Waals surface area contributed by atoms with Crippen molar-refractivity contribution in [1.29, 1.82) is 0 Å². The number of aromatic carboxylic acids is 1. The molecule has 0 bridgehead atoms. The molecule has 0 spiro atoms. The van der Waals surface area contributed by atoms with Crippen molar-refractivity contribution in [3.05, 3.63) is 93.5 Å². The molecule has 0 amide bonds. The minimum atomic E-state index is -2.43. The summed E-state index contributed by atoms with van der Waals surface area (Å²) < 4.78 is 33.3. The number of hydrogen-bond acceptors (Lipinski definition) is 5. The molecule has 0 radical (unpaired) electrons. The van der Waals surface area contributed by atoms with Crippen LogP contribution in [0.25, 0.3) is 0 Å². The van der Waals surface area contributed by atoms with E-state index in [4.69, 9.17) is 9.15 Å². The third-order valence-corrected chi connectivity index (χ3v) is 4.87. The van der Waals surface area contributed by atoms with Crippen LogP contribution in [0.15, 0.2) is 69.9 Å². The smallest absolute Gasteiger partial charge is 0.375 e. The van der Waals surface area contributed by atoms with Gasteiger partial charge >= 0.3 is 5.97 Å². The third kappa shape index (κ3) is 5.13. The lowest BCUT2D eigenvalue weighted by atomic mass is 10.2. The number of anilines is 1. The first kappa shape index (κ1) is 21.3. The number of carboxylic acids is 1. The number of carbonyl (C=O) groups is 1. The van der Waals surface area contributed by atoms with Crippen LogP contribution in [0.3, 0.4) is 0 Å². The number of nitrogens with zero attached hydrogens (tertiary/aromatic N) is 1. The molecular formula is C21H19NO7S. The molecule has 0 aliphatic rings. The zero-order valence-electron chi connectivity index (χ0n) is 16.0. The van der Waals surface area contributed by atoms with E-state index < -0.39 is 34.2 Å². The Bertz CT molecular complexity index is 1130. The zero-order valence-corrected chi connectivity index (χ0v) is 16.8. The summed E-state index contributed by atoms with van der Waals surface area (Å²) in [5, 5.41) is 9.47. The van der Waals surface area contributed by atoms with Crippen LogP contribution >= 0.6 is 0 Å². The SMILES string of the molecule is Cc1cccc(N(Cc2cc(=O)c(OCc3ccccc3)c(C(=O)O)o2)S(=O)O)c1. The van der Waals surface area contributed by atoms with E-state index >= 15 is 0 Å². The van der Waals surface area contributed by atoms with Gasteiger partial charge in [0.25, 0.3) is 17.0 Å². The molecule has 156 valence electrons. The van der Waals surface area contributed by atoms with Crippen LogP contribution < -0.4 is 14.5 Å². The summed E-state index contributed by atoms with van der Waals surface area (Å²) in [5.41, 5.74) is 1.33. The molecule has 1 unspecified atom stereocenters. The summed E-state index contributed by atoms with van der Waals surface area (Å²) in [7, 11) is 0. The highest BCUT2D eigenvalue weighted by Gasteiger charge is 2.23. The molecular weight excluding hydrogens is 410 g/mol. The van der Waals surface area contributed by atoms with Crippen molar-refractivity contribution in [3.63, 3.8) is 0 Å². The van der Waals surface area contributed by atoms with E-state index in [0.29, 0.717) is 5.69 Å². The molecule has 8 nitrogen and oxygen atoms in total. The van der Waals surface area contributed by atoms with Gasteiger partial charge in [0.1, 0.15) is 12.4 Å². The average Bonchev–Trinajstić information content (AvgIpc) is 2.71. The second-order valence-electron chi connectivity index (χ2n) is 6.42. The minimum absolute atomic E-state index is 0.0126. The van der Waals surface area contributed by atoms with Crippen molar-refractivity contribution in [2.24, 2.45) is 0 Å². The molecule has 0 saturated heterocycles. The van der Waals surface area contributed by atoms with Crippen LogP contribution in [0.5, 0.6) is 5.75 Å². The summed E-state index contributed by atoms with van der Waals surface area (Å²) in [6.07, 6.45) is 0. The molecule has 30 heavy (non-hydrogen) atoms. The molecule has 0 saturated carbocycles. The molecule has 0 aliphatic heterocycles. The van der Waals surface area contributed by atoms with Gasteiger partial charge in [-0.1, -0.05) is 42.5 Å². The predicted molar refractivity (Wildman–Crippen MR) is 111 cm³/mol. The van der Waals surface area contributed by atoms with Crippen LogP contribution in [-0.4, -0.2) is 19.8 Å². The van der Waals surface area contributed by atoms with Crippen molar-refractivity contribution in [2.45, 2.75) is 20.1 Å². The number of aryl methyl sites for hydroxylation is 1. The number of ether oxygens (including phenoxy) is 1. The Kier molecular flexibility index (Phi) is 6.65. The maximum atomic E-state index is 12.5. The molecule has 9 heteroatoms. The van der Waals surface area contributed by atoms with Gasteiger partial charge in [-0.15, -0.1) is 0 Å². The predicted octanol–water partition coefficient (Wildman–Crippen LogP) is 3.37. The molecule has 1 aromatic heterocycles. The second kappa shape index (κ2) is 9.38. The van der Waals surface area contributed by atoms with Crippen molar-refractivity contribution >= 4 is 22.9 Å². The van der Waals surface area contributed by atoms with E-state index in [0.717, 1.165) is 21.5 Å². The summed E-state index contributed by atoms with van der Waals surface area (Å²) in [5.74, 6) is -2.67. The first-order valence-corrected chi connectivity index (χ1v) is 9.93. The Morgan fingerprint density at radius 3 is 2.50 bits per heavy atom. The maximum absolute atomic E-state index is 12.5. The fraction of sp³-hybridized carbons (Fsp3) is 0.143. The van der Waals surface area contributed by atoms with Gasteiger partial charge in [-0.05, 0) is 30.2 Å². The van der Waals surface area contributed by atoms with Crippen LogP contribution in [-0.2, 0) is 24.4 Å². The van der Waals surface area contributed by atoms with Crippen molar-refractivity contribution in [1.82, 2.24) is 0 Å². The van der Waals surface area contributed by atoms with Gasteiger partial charge in [-0.3, -0.25) is 13.7 Å². The van der Waals surface area contributed by atoms with Gasteiger partial charge in [-0.2, -0.15) is 0 Å². The summed E-state index contributed by atoms with van der Waals surface area (Å²) in [4.78, 5) is 24.2. The standard InChI is InChI=1S/C21H19NO7S/c1-14-6-5-9-16(10-14)22(30(26)27)12-17-11-18(23)19(20(29-17)21(24)25)28-13-15-7-3-2-4-8-15/h2-11H,12-13H2,1H3,(H,24,25)(H,26,27). The van der Waals surface area contributed by atoms with Crippen LogP contribution in [0.1, 0.15) is 27.4 Å². The Balaban J connectivity index is 1.91. The highest BCUT2D eigenvalue weighted by atomic mass is 32.2. The quantitative estimate of drug-likeness (QED) is 0.527. The van der Waals surface area contributed by atoms with Crippen molar-refractivity contribution in [2.75, 3.05) is 4.31 Å². The van der Waals surface area contributed by atoms with Gasteiger partial charge < -0.3 is 14.3 Å². The number of benzene rings is 2. The molecule has 2 N–H and O–H groups in total. The fourth-order valence-corrected chi connectivity index (χ4v) is 3.31. The van der Waals surface area contributed by atoms with E-state index in [1.54, 1.807) is 42.5 Å². The Morgan fingerprint density at radius 1 is 1.13 bits per heavy atom. The van der Waals surface area contributed by atoms with Gasteiger partial charge in [0.2, 0.25) is 11.2 Å². The highest BCUT2D eigenvalue weighted by molar-refractivity contribution is 7.80. The molecule has 0 fully saturated rings.